The van der Waals surface area contributed by atoms with Crippen LogP contribution in [0.15, 0.2) is 77.5 Å². The molecule has 0 fully saturated rings. The van der Waals surface area contributed by atoms with Crippen molar-refractivity contribution in [1.29, 1.82) is 0 Å². The molecule has 3 amide bonds. The predicted octanol–water partition coefficient (Wildman–Crippen LogP) is 5.60. The van der Waals surface area contributed by atoms with E-state index in [1.807, 2.05) is 6.92 Å². The topological polar surface area (TPSA) is 114 Å². The van der Waals surface area contributed by atoms with E-state index in [0.717, 1.165) is 4.90 Å². The molecule has 9 nitrogen and oxygen atoms in total. The van der Waals surface area contributed by atoms with E-state index in [4.69, 9.17) is 32.7 Å². The lowest BCUT2D eigenvalue weighted by molar-refractivity contribution is -0.120. The zero-order chi connectivity index (χ0) is 28.1. The number of rotatable bonds is 9. The molecule has 0 aromatic heterocycles. The Morgan fingerprint density at radius 2 is 1.67 bits per heavy atom. The number of nitrogens with one attached hydrogen (secondary N) is 2. The van der Waals surface area contributed by atoms with E-state index in [1.54, 1.807) is 36.4 Å². The van der Waals surface area contributed by atoms with Gasteiger partial charge in [-0.2, -0.15) is 0 Å². The molecule has 200 valence electrons. The van der Waals surface area contributed by atoms with E-state index in [-0.39, 0.29) is 28.6 Å². The van der Waals surface area contributed by atoms with Crippen molar-refractivity contribution >= 4 is 64.0 Å². The lowest BCUT2D eigenvalue weighted by Gasteiger charge is -2.16. The molecule has 0 atom stereocenters. The lowest BCUT2D eigenvalue weighted by atomic mass is 10.1. The minimum atomic E-state index is -0.741. The summed E-state index contributed by atoms with van der Waals surface area (Å²) in [4.78, 5) is 51.8. The second-order valence-corrected chi connectivity index (χ2v) is 9.14. The van der Waals surface area contributed by atoms with E-state index in [1.165, 1.54) is 37.4 Å². The predicted molar refractivity (Wildman–Crippen MR) is 148 cm³/mol. The fraction of sp³-hybridized carbons (Fsp3) is 0.143. The summed E-state index contributed by atoms with van der Waals surface area (Å²) in [6, 6.07) is 17.0. The van der Waals surface area contributed by atoms with Gasteiger partial charge in [0.15, 0.2) is 0 Å². The number of hydrogen-bond acceptors (Lipinski definition) is 7. The first-order valence-corrected chi connectivity index (χ1v) is 12.6. The largest absolute Gasteiger partial charge is 0.495 e. The molecule has 1 heterocycles. The average molecular weight is 568 g/mol. The average Bonchev–Trinajstić information content (AvgIpc) is 3.15. The van der Waals surface area contributed by atoms with Gasteiger partial charge in [0.1, 0.15) is 16.5 Å². The molecular weight excluding hydrogens is 545 g/mol. The van der Waals surface area contributed by atoms with Crippen molar-refractivity contribution in [1.82, 2.24) is 0 Å². The smallest absolute Gasteiger partial charge is 0.338 e. The number of carbonyl (C=O) groups excluding carboxylic acids is 4. The summed E-state index contributed by atoms with van der Waals surface area (Å²) < 4.78 is 10.4. The second kappa shape index (κ2) is 12.0. The van der Waals surface area contributed by atoms with Crippen LogP contribution in [0.2, 0.25) is 5.02 Å². The number of methoxy groups -OCH3 is 1. The zero-order valence-corrected chi connectivity index (χ0v) is 22.4. The van der Waals surface area contributed by atoms with Gasteiger partial charge in [-0.1, -0.05) is 36.2 Å². The van der Waals surface area contributed by atoms with E-state index in [2.05, 4.69) is 10.6 Å². The van der Waals surface area contributed by atoms with Crippen LogP contribution < -0.4 is 20.3 Å². The number of halogens is 2. The van der Waals surface area contributed by atoms with Crippen molar-refractivity contribution in [3.8, 4) is 5.75 Å². The maximum absolute atomic E-state index is 13.1. The van der Waals surface area contributed by atoms with Crippen molar-refractivity contribution in [2.75, 3.05) is 29.3 Å². The normalized spacial score (nSPS) is 13.0. The van der Waals surface area contributed by atoms with Crippen molar-refractivity contribution in [2.45, 2.75) is 13.3 Å². The number of nitrogens with zero attached hydrogens (tertiary/aromatic N) is 1. The van der Waals surface area contributed by atoms with Gasteiger partial charge in [-0.05, 0) is 67.1 Å². The molecule has 2 N–H and O–H groups in total. The van der Waals surface area contributed by atoms with Crippen LogP contribution in [0, 0.1) is 0 Å². The Bertz CT molecular complexity index is 1490. The molecule has 3 aromatic rings. The highest BCUT2D eigenvalue weighted by molar-refractivity contribution is 6.53. The fourth-order valence-electron chi connectivity index (χ4n) is 3.72. The molecule has 0 saturated carbocycles. The number of esters is 1. The molecule has 39 heavy (non-hydrogen) atoms. The summed E-state index contributed by atoms with van der Waals surface area (Å²) in [6.45, 7) is 2.12. The van der Waals surface area contributed by atoms with Crippen LogP contribution in [0.5, 0.6) is 5.75 Å². The Morgan fingerprint density at radius 1 is 0.923 bits per heavy atom. The molecule has 0 radical (unpaired) electrons. The summed E-state index contributed by atoms with van der Waals surface area (Å²) in [5.41, 5.74) is 1.39. The van der Waals surface area contributed by atoms with Gasteiger partial charge in [0.2, 0.25) is 0 Å². The number of amides is 3. The van der Waals surface area contributed by atoms with Crippen molar-refractivity contribution in [2.24, 2.45) is 0 Å². The number of imide groups is 1. The van der Waals surface area contributed by atoms with Crippen molar-refractivity contribution in [3.05, 3.63) is 93.6 Å². The van der Waals surface area contributed by atoms with Gasteiger partial charge in [-0.25, -0.2) is 9.69 Å². The highest BCUT2D eigenvalue weighted by Gasteiger charge is 2.39. The van der Waals surface area contributed by atoms with Crippen LogP contribution in [-0.4, -0.2) is 37.4 Å². The SMILES string of the molecule is CCCOC(=O)c1cccc(N2C(=O)C(Cl)=C(Nc3ccc(C(=O)Nc4cc(Cl)ccc4OC)cc3)C2=O)c1. The molecule has 0 saturated heterocycles. The van der Waals surface area contributed by atoms with Crippen LogP contribution in [-0.2, 0) is 14.3 Å². The summed E-state index contributed by atoms with van der Waals surface area (Å²) in [5.74, 6) is -1.96. The Morgan fingerprint density at radius 3 is 2.36 bits per heavy atom. The first-order valence-electron chi connectivity index (χ1n) is 11.8. The van der Waals surface area contributed by atoms with Crippen LogP contribution in [0.25, 0.3) is 0 Å². The Kier molecular flexibility index (Phi) is 8.53. The molecule has 1 aliphatic heterocycles. The summed E-state index contributed by atoms with van der Waals surface area (Å²) in [5, 5.41) is 5.72. The van der Waals surface area contributed by atoms with Gasteiger partial charge in [-0.15, -0.1) is 0 Å². The van der Waals surface area contributed by atoms with Gasteiger partial charge in [0.05, 0.1) is 30.7 Å². The number of carbonyl (C=O) groups is 4. The Hall–Kier alpha value is -4.34. The van der Waals surface area contributed by atoms with Crippen molar-refractivity contribution < 1.29 is 28.7 Å². The zero-order valence-electron chi connectivity index (χ0n) is 20.9. The highest BCUT2D eigenvalue weighted by Crippen LogP contribution is 2.31. The number of benzene rings is 3. The van der Waals surface area contributed by atoms with Gasteiger partial charge < -0.3 is 20.1 Å². The first-order chi connectivity index (χ1) is 18.7. The monoisotopic (exact) mass is 567 g/mol. The number of hydrogen-bond donors (Lipinski definition) is 2. The Balaban J connectivity index is 1.48. The number of anilines is 3. The Labute approximate surface area is 234 Å². The third-order valence-electron chi connectivity index (χ3n) is 5.63. The maximum Gasteiger partial charge on any atom is 0.338 e. The minimum Gasteiger partial charge on any atom is -0.495 e. The summed E-state index contributed by atoms with van der Waals surface area (Å²) in [6.07, 6.45) is 0.658. The summed E-state index contributed by atoms with van der Waals surface area (Å²) in [7, 11) is 1.48. The van der Waals surface area contributed by atoms with E-state index in [0.29, 0.717) is 34.1 Å². The van der Waals surface area contributed by atoms with Crippen molar-refractivity contribution in [3.63, 3.8) is 0 Å². The molecule has 0 spiro atoms. The van der Waals surface area contributed by atoms with E-state index < -0.39 is 23.7 Å². The quantitative estimate of drug-likeness (QED) is 0.255. The second-order valence-electron chi connectivity index (χ2n) is 8.32. The third kappa shape index (κ3) is 6.05. The molecule has 4 rings (SSSR count). The van der Waals surface area contributed by atoms with Crippen LogP contribution in [0.3, 0.4) is 0 Å². The van der Waals surface area contributed by atoms with Gasteiger partial charge in [0.25, 0.3) is 17.7 Å². The molecule has 0 aliphatic carbocycles. The molecule has 11 heteroatoms. The first kappa shape index (κ1) is 27.7. The summed E-state index contributed by atoms with van der Waals surface area (Å²) >= 11 is 12.3. The third-order valence-corrected chi connectivity index (χ3v) is 6.22. The standard InChI is InChI=1S/C28H23Cl2N3O6/c1-3-13-39-28(37)17-5-4-6-20(14-17)33-26(35)23(30)24(27(33)36)31-19-10-7-16(8-11-19)25(34)32-21-15-18(29)9-12-22(21)38-2/h4-12,14-15,31H,3,13H2,1-2H3,(H,32,34). The lowest BCUT2D eigenvalue weighted by Crippen LogP contribution is -2.32. The van der Waals surface area contributed by atoms with Gasteiger partial charge >= 0.3 is 5.97 Å². The van der Waals surface area contributed by atoms with Gasteiger partial charge in [0, 0.05) is 16.3 Å². The van der Waals surface area contributed by atoms with E-state index in [9.17, 15) is 19.2 Å². The van der Waals surface area contributed by atoms with Crippen LogP contribution in [0.4, 0.5) is 17.1 Å². The molecular formula is C28H23Cl2N3O6. The number of ether oxygens (including phenoxy) is 2. The molecule has 0 bridgehead atoms. The molecule has 1 aliphatic rings. The van der Waals surface area contributed by atoms with Crippen LogP contribution in [0.1, 0.15) is 34.1 Å². The minimum absolute atomic E-state index is 0.138. The van der Waals surface area contributed by atoms with Crippen LogP contribution >= 0.6 is 23.2 Å². The molecule has 3 aromatic carbocycles. The highest BCUT2D eigenvalue weighted by atomic mass is 35.5. The molecule has 0 unspecified atom stereocenters. The maximum atomic E-state index is 13.1. The van der Waals surface area contributed by atoms with E-state index >= 15 is 0 Å². The fourth-order valence-corrected chi connectivity index (χ4v) is 4.10. The van der Waals surface area contributed by atoms with Gasteiger partial charge in [-0.3, -0.25) is 14.4 Å².